The second-order valence-electron chi connectivity index (χ2n) is 8.88. The van der Waals surface area contributed by atoms with Crippen LogP contribution < -0.4 is 5.32 Å². The van der Waals surface area contributed by atoms with Crippen LogP contribution in [0.5, 0.6) is 0 Å². The molecule has 1 heterocycles. The van der Waals surface area contributed by atoms with Crippen LogP contribution in [0.3, 0.4) is 0 Å². The molecule has 5 heteroatoms. The Bertz CT molecular complexity index is 1420. The summed E-state index contributed by atoms with van der Waals surface area (Å²) in [7, 11) is 0. The van der Waals surface area contributed by atoms with Gasteiger partial charge in [0.25, 0.3) is 0 Å². The predicted octanol–water partition coefficient (Wildman–Crippen LogP) is 7.72. The van der Waals surface area contributed by atoms with Gasteiger partial charge >= 0.3 is 0 Å². The van der Waals surface area contributed by atoms with Crippen LogP contribution in [0, 0.1) is 32.1 Å². The fourth-order valence-electron chi connectivity index (χ4n) is 3.93. The highest BCUT2D eigenvalue weighted by atomic mass is 32.2. The average Bonchev–Trinajstić information content (AvgIpc) is 2.89. The average molecular weight is 492 g/mol. The minimum atomic E-state index is -0.400. The van der Waals surface area contributed by atoms with E-state index in [9.17, 15) is 10.1 Å². The maximum atomic E-state index is 13.2. The molecule has 0 aliphatic rings. The Balaban J connectivity index is 1.74. The lowest BCUT2D eigenvalue weighted by molar-refractivity contribution is -0.115. The summed E-state index contributed by atoms with van der Waals surface area (Å²) in [6, 6.07) is 28.3. The highest BCUT2D eigenvalue weighted by molar-refractivity contribution is 8.00. The molecule has 0 saturated heterocycles. The van der Waals surface area contributed by atoms with Gasteiger partial charge in [0.1, 0.15) is 11.1 Å². The van der Waals surface area contributed by atoms with Gasteiger partial charge in [0, 0.05) is 16.8 Å². The molecule has 4 nitrogen and oxygen atoms in total. The Morgan fingerprint density at radius 2 is 1.67 bits per heavy atom. The minimum absolute atomic E-state index is 0.0987. The third-order valence-electron chi connectivity index (χ3n) is 6.22. The number of benzene rings is 3. The van der Waals surface area contributed by atoms with E-state index in [1.54, 1.807) is 0 Å². The van der Waals surface area contributed by atoms with Crippen molar-refractivity contribution in [2.24, 2.45) is 0 Å². The van der Waals surface area contributed by atoms with E-state index < -0.39 is 5.25 Å². The Morgan fingerprint density at radius 1 is 0.944 bits per heavy atom. The molecule has 0 spiro atoms. The zero-order valence-electron chi connectivity index (χ0n) is 21.0. The number of anilines is 1. The number of amides is 1. The van der Waals surface area contributed by atoms with E-state index in [1.165, 1.54) is 17.3 Å². The minimum Gasteiger partial charge on any atom is -0.325 e. The van der Waals surface area contributed by atoms with Crippen LogP contribution in [0.2, 0.25) is 0 Å². The summed E-state index contributed by atoms with van der Waals surface area (Å²) < 4.78 is 0. The number of nitriles is 1. The number of hydrogen-bond donors (Lipinski definition) is 1. The van der Waals surface area contributed by atoms with Gasteiger partial charge in [0.15, 0.2) is 0 Å². The molecule has 0 aliphatic heterocycles. The maximum absolute atomic E-state index is 13.2. The number of pyridine rings is 1. The van der Waals surface area contributed by atoms with Crippen LogP contribution in [0.1, 0.15) is 35.6 Å². The first-order valence-corrected chi connectivity index (χ1v) is 12.9. The summed E-state index contributed by atoms with van der Waals surface area (Å²) in [4.78, 5) is 18.1. The molecule has 0 radical (unpaired) electrons. The molecular formula is C31H29N3OS. The maximum Gasteiger partial charge on any atom is 0.237 e. The van der Waals surface area contributed by atoms with Crippen molar-refractivity contribution in [1.29, 1.82) is 5.26 Å². The van der Waals surface area contributed by atoms with Crippen molar-refractivity contribution >= 4 is 23.4 Å². The number of thioether (sulfide) groups is 1. The number of rotatable bonds is 7. The van der Waals surface area contributed by atoms with Gasteiger partial charge in [0.2, 0.25) is 5.91 Å². The van der Waals surface area contributed by atoms with Crippen molar-refractivity contribution in [3.05, 3.63) is 101 Å². The van der Waals surface area contributed by atoms with E-state index >= 15 is 0 Å². The zero-order chi connectivity index (χ0) is 25.7. The molecule has 1 amide bonds. The molecule has 36 heavy (non-hydrogen) atoms. The number of carbonyl (C=O) groups excluding carboxylic acids is 1. The first-order valence-electron chi connectivity index (χ1n) is 12.0. The Morgan fingerprint density at radius 3 is 2.31 bits per heavy atom. The highest BCUT2D eigenvalue weighted by Gasteiger charge is 2.23. The van der Waals surface area contributed by atoms with Crippen molar-refractivity contribution in [2.75, 3.05) is 5.32 Å². The van der Waals surface area contributed by atoms with Gasteiger partial charge in [-0.15, -0.1) is 0 Å². The van der Waals surface area contributed by atoms with Crippen molar-refractivity contribution in [2.45, 2.75) is 44.4 Å². The van der Waals surface area contributed by atoms with Gasteiger partial charge in [-0.1, -0.05) is 84.9 Å². The molecule has 180 valence electrons. The summed E-state index contributed by atoms with van der Waals surface area (Å²) in [6.45, 7) is 8.09. The van der Waals surface area contributed by atoms with E-state index in [4.69, 9.17) is 4.98 Å². The van der Waals surface area contributed by atoms with Gasteiger partial charge in [-0.3, -0.25) is 4.79 Å². The molecule has 4 aromatic rings. The second-order valence-corrected chi connectivity index (χ2v) is 10.1. The first-order chi connectivity index (χ1) is 17.4. The number of nitrogens with zero attached hydrogens (tertiary/aromatic N) is 2. The van der Waals surface area contributed by atoms with Gasteiger partial charge in [-0.05, 0) is 62.1 Å². The molecule has 0 fully saturated rings. The van der Waals surface area contributed by atoms with Crippen LogP contribution in [-0.4, -0.2) is 16.1 Å². The standard InChI is InChI=1S/C31H29N3OS/c1-5-29(30(35)33-25-16-13-21(3)22(4)17-25)36-31-27(19-32)26(23-14-11-20(2)12-15-23)18-28(34-31)24-9-7-6-8-10-24/h6-18,29H,5H2,1-4H3,(H,33,35). The first kappa shape index (κ1) is 25.2. The van der Waals surface area contributed by atoms with Gasteiger partial charge in [-0.2, -0.15) is 5.26 Å². The molecule has 0 bridgehead atoms. The van der Waals surface area contributed by atoms with Crippen LogP contribution in [0.15, 0.2) is 83.9 Å². The summed E-state index contributed by atoms with van der Waals surface area (Å²) in [5.74, 6) is -0.0987. The van der Waals surface area contributed by atoms with Crippen molar-refractivity contribution in [3.8, 4) is 28.5 Å². The quantitative estimate of drug-likeness (QED) is 0.269. The topological polar surface area (TPSA) is 65.8 Å². The third-order valence-corrected chi connectivity index (χ3v) is 7.57. The molecule has 3 aromatic carbocycles. The molecule has 0 saturated carbocycles. The van der Waals surface area contributed by atoms with E-state index in [0.717, 1.165) is 39.2 Å². The number of nitrogens with one attached hydrogen (secondary N) is 1. The van der Waals surface area contributed by atoms with Crippen LogP contribution in [0.25, 0.3) is 22.4 Å². The fourth-order valence-corrected chi connectivity index (χ4v) is 4.96. The fraction of sp³-hybridized carbons (Fsp3) is 0.194. The lowest BCUT2D eigenvalue weighted by atomic mass is 9.98. The molecule has 1 atom stereocenters. The van der Waals surface area contributed by atoms with Crippen molar-refractivity contribution in [3.63, 3.8) is 0 Å². The molecule has 1 N–H and O–H groups in total. The number of aryl methyl sites for hydroxylation is 3. The molecular weight excluding hydrogens is 462 g/mol. The largest absolute Gasteiger partial charge is 0.325 e. The van der Waals surface area contributed by atoms with Crippen LogP contribution in [0.4, 0.5) is 5.69 Å². The van der Waals surface area contributed by atoms with E-state index in [2.05, 4.69) is 11.4 Å². The van der Waals surface area contributed by atoms with E-state index in [-0.39, 0.29) is 5.91 Å². The summed E-state index contributed by atoms with van der Waals surface area (Å²) in [5, 5.41) is 13.4. The van der Waals surface area contributed by atoms with Crippen LogP contribution >= 0.6 is 11.8 Å². The zero-order valence-corrected chi connectivity index (χ0v) is 21.8. The van der Waals surface area contributed by atoms with Gasteiger partial charge in [0.05, 0.1) is 16.5 Å². The Kier molecular flexibility index (Phi) is 7.87. The summed E-state index contributed by atoms with van der Waals surface area (Å²) in [6.07, 6.45) is 0.601. The van der Waals surface area contributed by atoms with E-state index in [1.807, 2.05) is 107 Å². The van der Waals surface area contributed by atoms with Gasteiger partial charge < -0.3 is 5.32 Å². The van der Waals surface area contributed by atoms with Crippen molar-refractivity contribution < 1.29 is 4.79 Å². The molecule has 4 rings (SSSR count). The van der Waals surface area contributed by atoms with Gasteiger partial charge in [-0.25, -0.2) is 4.98 Å². The Hall–Kier alpha value is -3.88. The van der Waals surface area contributed by atoms with Crippen LogP contribution in [-0.2, 0) is 4.79 Å². The molecule has 0 aliphatic carbocycles. The monoisotopic (exact) mass is 491 g/mol. The number of carbonyl (C=O) groups is 1. The SMILES string of the molecule is CCC(Sc1nc(-c2ccccc2)cc(-c2ccc(C)cc2)c1C#N)C(=O)Nc1ccc(C)c(C)c1. The lowest BCUT2D eigenvalue weighted by Gasteiger charge is -2.18. The molecule has 1 unspecified atom stereocenters. The number of aromatic nitrogens is 1. The summed E-state index contributed by atoms with van der Waals surface area (Å²) >= 11 is 1.35. The lowest BCUT2D eigenvalue weighted by Crippen LogP contribution is -2.25. The second kappa shape index (κ2) is 11.2. The summed E-state index contributed by atoms with van der Waals surface area (Å²) in [5.41, 5.74) is 8.22. The smallest absolute Gasteiger partial charge is 0.237 e. The highest BCUT2D eigenvalue weighted by Crippen LogP contribution is 2.36. The normalized spacial score (nSPS) is 11.5. The van der Waals surface area contributed by atoms with Crippen molar-refractivity contribution in [1.82, 2.24) is 4.98 Å². The van der Waals surface area contributed by atoms with E-state index in [0.29, 0.717) is 17.0 Å². The number of hydrogen-bond acceptors (Lipinski definition) is 4. The third kappa shape index (κ3) is 5.67. The predicted molar refractivity (Wildman–Crippen MR) is 149 cm³/mol. The molecule has 1 aromatic heterocycles. The Labute approximate surface area is 217 Å².